The topological polar surface area (TPSA) is 42.2 Å². The lowest BCUT2D eigenvalue weighted by Crippen LogP contribution is -2.25. The lowest BCUT2D eigenvalue weighted by atomic mass is 10.1. The predicted molar refractivity (Wildman–Crippen MR) is 66.1 cm³/mol. The quantitative estimate of drug-likeness (QED) is 0.824. The minimum atomic E-state index is 0.689. The van der Waals surface area contributed by atoms with Gasteiger partial charge in [-0.1, -0.05) is 20.3 Å². The lowest BCUT2D eigenvalue weighted by Gasteiger charge is -2.23. The molecule has 0 amide bonds. The Balaban J connectivity index is 2.77. The van der Waals surface area contributed by atoms with Crippen molar-refractivity contribution in [2.24, 2.45) is 5.92 Å². The molecule has 0 aromatic carbocycles. The van der Waals surface area contributed by atoms with Crippen molar-refractivity contribution in [1.29, 1.82) is 0 Å². The van der Waals surface area contributed by atoms with Crippen molar-refractivity contribution in [2.75, 3.05) is 24.2 Å². The van der Waals surface area contributed by atoms with E-state index in [2.05, 4.69) is 30.8 Å². The monoisotopic (exact) mass is 207 g/mol. The molecule has 1 atom stereocenters. The molecule has 0 radical (unpaired) electrons. The summed E-state index contributed by atoms with van der Waals surface area (Å²) in [6.45, 7) is 7.55. The minimum Gasteiger partial charge on any atom is -0.397 e. The molecule has 0 aliphatic rings. The predicted octanol–water partition coefficient (Wildman–Crippen LogP) is 2.45. The van der Waals surface area contributed by atoms with Crippen LogP contribution in [0.15, 0.2) is 12.3 Å². The van der Waals surface area contributed by atoms with Crippen LogP contribution in [0.3, 0.4) is 0 Å². The van der Waals surface area contributed by atoms with E-state index in [0.717, 1.165) is 23.6 Å². The van der Waals surface area contributed by atoms with Crippen molar-refractivity contribution < 1.29 is 0 Å². The highest BCUT2D eigenvalue weighted by Gasteiger charge is 2.09. The van der Waals surface area contributed by atoms with Gasteiger partial charge in [0.25, 0.3) is 0 Å². The summed E-state index contributed by atoms with van der Waals surface area (Å²) in [6, 6.07) is 1.97. The third-order valence-electron chi connectivity index (χ3n) is 2.72. The molecule has 1 aromatic rings. The van der Waals surface area contributed by atoms with Gasteiger partial charge in [0.15, 0.2) is 0 Å². The van der Waals surface area contributed by atoms with Gasteiger partial charge in [-0.3, -0.25) is 0 Å². The maximum Gasteiger partial charge on any atom is 0.131 e. The van der Waals surface area contributed by atoms with E-state index in [0.29, 0.717) is 5.92 Å². The second-order valence-corrected chi connectivity index (χ2v) is 4.30. The van der Waals surface area contributed by atoms with Crippen molar-refractivity contribution in [3.05, 3.63) is 17.8 Å². The average molecular weight is 207 g/mol. The van der Waals surface area contributed by atoms with E-state index in [-0.39, 0.29) is 0 Å². The van der Waals surface area contributed by atoms with E-state index in [9.17, 15) is 0 Å². The Labute approximate surface area is 92.3 Å². The van der Waals surface area contributed by atoms with Crippen molar-refractivity contribution in [1.82, 2.24) is 4.98 Å². The van der Waals surface area contributed by atoms with Crippen molar-refractivity contribution >= 4 is 11.5 Å². The summed E-state index contributed by atoms with van der Waals surface area (Å²) in [6.07, 6.45) is 2.91. The zero-order chi connectivity index (χ0) is 11.4. The van der Waals surface area contributed by atoms with Gasteiger partial charge in [-0.2, -0.15) is 0 Å². The summed E-state index contributed by atoms with van der Waals surface area (Å²) in [7, 11) is 2.08. The largest absolute Gasteiger partial charge is 0.397 e. The number of nitrogens with two attached hydrogens (primary N) is 1. The van der Waals surface area contributed by atoms with Gasteiger partial charge >= 0.3 is 0 Å². The molecular weight excluding hydrogens is 186 g/mol. The van der Waals surface area contributed by atoms with Gasteiger partial charge in [0.1, 0.15) is 5.82 Å². The van der Waals surface area contributed by atoms with Crippen LogP contribution in [-0.2, 0) is 0 Å². The second kappa shape index (κ2) is 5.01. The third-order valence-corrected chi connectivity index (χ3v) is 2.72. The Hall–Kier alpha value is -1.25. The summed E-state index contributed by atoms with van der Waals surface area (Å²) in [5.74, 6) is 1.72. The number of hydrogen-bond acceptors (Lipinski definition) is 3. The normalized spacial score (nSPS) is 12.5. The fourth-order valence-corrected chi connectivity index (χ4v) is 1.67. The van der Waals surface area contributed by atoms with Crippen LogP contribution in [0.4, 0.5) is 11.5 Å². The molecule has 0 saturated heterocycles. The first-order valence-corrected chi connectivity index (χ1v) is 5.47. The molecule has 0 aliphatic carbocycles. The number of anilines is 2. The number of nitrogens with zero attached hydrogens (tertiary/aromatic N) is 2. The summed E-state index contributed by atoms with van der Waals surface area (Å²) in [5, 5.41) is 0. The first kappa shape index (κ1) is 11.8. The zero-order valence-corrected chi connectivity index (χ0v) is 10.1. The number of nitrogen functional groups attached to an aromatic ring is 1. The van der Waals surface area contributed by atoms with Gasteiger partial charge in [0.05, 0.1) is 11.9 Å². The fraction of sp³-hybridized carbons (Fsp3) is 0.583. The van der Waals surface area contributed by atoms with Crippen molar-refractivity contribution in [3.63, 3.8) is 0 Å². The highest BCUT2D eigenvalue weighted by molar-refractivity contribution is 5.52. The van der Waals surface area contributed by atoms with Crippen molar-refractivity contribution in [2.45, 2.75) is 27.2 Å². The molecule has 0 saturated carbocycles. The van der Waals surface area contributed by atoms with E-state index in [4.69, 9.17) is 5.73 Å². The van der Waals surface area contributed by atoms with Gasteiger partial charge < -0.3 is 10.6 Å². The van der Waals surface area contributed by atoms with Crippen LogP contribution in [0.5, 0.6) is 0 Å². The number of rotatable bonds is 4. The molecule has 0 aliphatic heterocycles. The molecule has 2 N–H and O–H groups in total. The molecule has 3 heteroatoms. The highest BCUT2D eigenvalue weighted by Crippen LogP contribution is 2.18. The Kier molecular flexibility index (Phi) is 3.95. The van der Waals surface area contributed by atoms with Crippen LogP contribution < -0.4 is 10.6 Å². The maximum atomic E-state index is 5.67. The number of aromatic nitrogens is 1. The van der Waals surface area contributed by atoms with Gasteiger partial charge in [-0.25, -0.2) is 4.98 Å². The van der Waals surface area contributed by atoms with Crippen LogP contribution in [0.1, 0.15) is 25.8 Å². The minimum absolute atomic E-state index is 0.689. The first-order valence-electron chi connectivity index (χ1n) is 5.47. The average Bonchev–Trinajstić information content (AvgIpc) is 2.17. The standard InChI is InChI=1S/C12H21N3/c1-5-9(2)8-15(4)12-10(3)6-11(13)7-14-12/h6-7,9H,5,8,13H2,1-4H3. The smallest absolute Gasteiger partial charge is 0.131 e. The van der Waals surface area contributed by atoms with Crippen LogP contribution in [-0.4, -0.2) is 18.6 Å². The fourth-order valence-electron chi connectivity index (χ4n) is 1.67. The van der Waals surface area contributed by atoms with Crippen LogP contribution in [0, 0.1) is 12.8 Å². The molecule has 0 spiro atoms. The molecule has 0 fully saturated rings. The van der Waals surface area contributed by atoms with Crippen LogP contribution in [0.2, 0.25) is 0 Å². The van der Waals surface area contributed by atoms with Crippen molar-refractivity contribution in [3.8, 4) is 0 Å². The first-order chi connectivity index (χ1) is 7.04. The van der Waals surface area contributed by atoms with E-state index in [1.165, 1.54) is 6.42 Å². The molecule has 15 heavy (non-hydrogen) atoms. The molecule has 1 aromatic heterocycles. The van der Waals surface area contributed by atoms with Gasteiger partial charge in [0.2, 0.25) is 0 Å². The van der Waals surface area contributed by atoms with Gasteiger partial charge in [-0.15, -0.1) is 0 Å². The molecule has 0 bridgehead atoms. The SMILES string of the molecule is CCC(C)CN(C)c1ncc(N)cc1C. The van der Waals surface area contributed by atoms with Gasteiger partial charge in [-0.05, 0) is 24.5 Å². The molecule has 1 unspecified atom stereocenters. The second-order valence-electron chi connectivity index (χ2n) is 4.30. The van der Waals surface area contributed by atoms with E-state index in [1.807, 2.05) is 13.0 Å². The third kappa shape index (κ3) is 3.11. The van der Waals surface area contributed by atoms with Gasteiger partial charge in [0, 0.05) is 13.6 Å². The number of hydrogen-bond donors (Lipinski definition) is 1. The molecule has 3 nitrogen and oxygen atoms in total. The highest BCUT2D eigenvalue weighted by atomic mass is 15.2. The summed E-state index contributed by atoms with van der Waals surface area (Å²) < 4.78 is 0. The molecule has 84 valence electrons. The number of pyridine rings is 1. The molecule has 1 rings (SSSR count). The molecule has 1 heterocycles. The van der Waals surface area contributed by atoms with E-state index < -0.39 is 0 Å². The Morgan fingerprint density at radius 3 is 2.73 bits per heavy atom. The Morgan fingerprint density at radius 1 is 1.53 bits per heavy atom. The van der Waals surface area contributed by atoms with Crippen LogP contribution >= 0.6 is 0 Å². The Morgan fingerprint density at radius 2 is 2.20 bits per heavy atom. The van der Waals surface area contributed by atoms with E-state index in [1.54, 1.807) is 6.20 Å². The zero-order valence-electron chi connectivity index (χ0n) is 10.1. The summed E-state index contributed by atoms with van der Waals surface area (Å²) in [4.78, 5) is 6.56. The van der Waals surface area contributed by atoms with E-state index >= 15 is 0 Å². The summed E-state index contributed by atoms with van der Waals surface area (Å²) in [5.41, 5.74) is 7.54. The molecular formula is C12H21N3. The maximum absolute atomic E-state index is 5.67. The summed E-state index contributed by atoms with van der Waals surface area (Å²) >= 11 is 0. The lowest BCUT2D eigenvalue weighted by molar-refractivity contribution is 0.557. The number of aryl methyl sites for hydroxylation is 1. The van der Waals surface area contributed by atoms with Crippen LogP contribution in [0.25, 0.3) is 0 Å². The Bertz CT molecular complexity index is 323.